The van der Waals surface area contributed by atoms with Crippen LogP contribution in [-0.4, -0.2) is 30.2 Å². The van der Waals surface area contributed by atoms with E-state index < -0.39 is 10.8 Å². The molecule has 0 aliphatic carbocycles. The Hall–Kier alpha value is -3.74. The van der Waals surface area contributed by atoms with E-state index in [0.717, 1.165) is 32.7 Å². The smallest absolute Gasteiger partial charge is 0.277 e. The summed E-state index contributed by atoms with van der Waals surface area (Å²) in [4.78, 5) is 5.26. The Labute approximate surface area is 196 Å². The summed E-state index contributed by atoms with van der Waals surface area (Å²) in [6.45, 7) is 0. The summed E-state index contributed by atoms with van der Waals surface area (Å²) in [6.07, 6.45) is 3.42. The number of benzene rings is 3. The molecule has 7 nitrogen and oxygen atoms in total. The van der Waals surface area contributed by atoms with Crippen molar-refractivity contribution in [2.24, 2.45) is 0 Å². The fourth-order valence-corrected chi connectivity index (χ4v) is 4.63. The first-order valence-corrected chi connectivity index (χ1v) is 12.5. The lowest BCUT2D eigenvalue weighted by Gasteiger charge is -2.06. The second-order valence-corrected chi connectivity index (χ2v) is 9.55. The van der Waals surface area contributed by atoms with Crippen molar-refractivity contribution in [2.75, 3.05) is 6.26 Å². The zero-order chi connectivity index (χ0) is 22.8. The Kier molecular flexibility index (Phi) is 5.77. The predicted molar refractivity (Wildman–Crippen MR) is 127 cm³/mol. The van der Waals surface area contributed by atoms with Crippen LogP contribution in [0.1, 0.15) is 11.1 Å². The van der Waals surface area contributed by atoms with Crippen LogP contribution in [0.15, 0.2) is 87.6 Å². The molecule has 2 aromatic heterocycles. The highest BCUT2D eigenvalue weighted by Crippen LogP contribution is 2.29. The van der Waals surface area contributed by atoms with Crippen LogP contribution in [0.25, 0.3) is 28.2 Å². The average Bonchev–Trinajstić information content (AvgIpc) is 3.50. The third kappa shape index (κ3) is 4.44. The zero-order valence-electron chi connectivity index (χ0n) is 17.5. The van der Waals surface area contributed by atoms with Crippen LogP contribution >= 0.6 is 11.8 Å². The molecular weight excluding hydrogens is 454 g/mol. The standard InChI is InChI=1S/C24H17N5O2S2/c1-33(30)20-8-6-19(7-9-20)29-15-26-21-10-5-18(12-22(21)29)23-27-28-24(31-23)32-14-17-4-2-3-16(11-17)13-25/h2-12,15H,14H2,1H3. The van der Waals surface area contributed by atoms with Crippen molar-refractivity contribution in [1.82, 2.24) is 19.7 Å². The fourth-order valence-electron chi connectivity index (χ4n) is 3.41. The molecule has 162 valence electrons. The van der Waals surface area contributed by atoms with Gasteiger partial charge >= 0.3 is 0 Å². The summed E-state index contributed by atoms with van der Waals surface area (Å²) in [5.74, 6) is 1.05. The van der Waals surface area contributed by atoms with Crippen LogP contribution in [0.4, 0.5) is 0 Å². The first kappa shape index (κ1) is 21.1. The van der Waals surface area contributed by atoms with Crippen molar-refractivity contribution >= 4 is 33.6 Å². The lowest BCUT2D eigenvalue weighted by atomic mass is 10.2. The number of nitrogens with zero attached hydrogens (tertiary/aromatic N) is 5. The quantitative estimate of drug-likeness (QED) is 0.322. The highest BCUT2D eigenvalue weighted by atomic mass is 32.2. The van der Waals surface area contributed by atoms with Gasteiger partial charge in [0.1, 0.15) is 6.33 Å². The van der Waals surface area contributed by atoms with Gasteiger partial charge in [-0.15, -0.1) is 10.2 Å². The molecule has 0 radical (unpaired) electrons. The van der Waals surface area contributed by atoms with E-state index in [2.05, 4.69) is 21.3 Å². The lowest BCUT2D eigenvalue weighted by Crippen LogP contribution is -1.94. The number of aromatic nitrogens is 4. The van der Waals surface area contributed by atoms with E-state index in [0.29, 0.717) is 22.4 Å². The Morgan fingerprint density at radius 2 is 1.94 bits per heavy atom. The summed E-state index contributed by atoms with van der Waals surface area (Å²) in [5.41, 5.74) is 5.10. The van der Waals surface area contributed by atoms with Crippen LogP contribution in [0.3, 0.4) is 0 Å². The van der Waals surface area contributed by atoms with E-state index in [4.69, 9.17) is 9.68 Å². The second kappa shape index (κ2) is 9.02. The summed E-state index contributed by atoms with van der Waals surface area (Å²) < 4.78 is 19.5. The maximum absolute atomic E-state index is 11.7. The third-order valence-corrected chi connectivity index (χ3v) is 6.89. The normalized spacial score (nSPS) is 12.0. The lowest BCUT2D eigenvalue weighted by molar-refractivity contribution is 0.466. The molecule has 1 unspecified atom stereocenters. The van der Waals surface area contributed by atoms with Crippen molar-refractivity contribution in [2.45, 2.75) is 15.9 Å². The molecule has 0 saturated carbocycles. The topological polar surface area (TPSA) is 97.6 Å². The van der Waals surface area contributed by atoms with Gasteiger partial charge in [0.15, 0.2) is 0 Å². The van der Waals surface area contributed by atoms with E-state index in [1.165, 1.54) is 11.8 Å². The van der Waals surface area contributed by atoms with Gasteiger partial charge in [-0.05, 0) is 60.2 Å². The van der Waals surface area contributed by atoms with E-state index in [1.807, 2.05) is 65.2 Å². The molecular formula is C24H17N5O2S2. The number of nitriles is 1. The molecule has 1 atom stereocenters. The van der Waals surface area contributed by atoms with Gasteiger partial charge in [0, 0.05) is 39.0 Å². The van der Waals surface area contributed by atoms with Crippen molar-refractivity contribution < 1.29 is 8.63 Å². The van der Waals surface area contributed by atoms with Gasteiger partial charge in [0.2, 0.25) is 5.89 Å². The number of hydrogen-bond donors (Lipinski definition) is 0. The maximum atomic E-state index is 11.7. The molecule has 0 saturated heterocycles. The molecule has 0 N–H and O–H groups in total. The van der Waals surface area contributed by atoms with Gasteiger partial charge in [0.05, 0.1) is 22.7 Å². The Morgan fingerprint density at radius 3 is 2.73 bits per heavy atom. The highest BCUT2D eigenvalue weighted by Gasteiger charge is 2.13. The van der Waals surface area contributed by atoms with Gasteiger partial charge in [-0.1, -0.05) is 23.9 Å². The molecule has 0 spiro atoms. The minimum Gasteiger partial charge on any atom is -0.411 e. The molecule has 5 rings (SSSR count). The van der Waals surface area contributed by atoms with E-state index in [1.54, 1.807) is 18.6 Å². The molecule has 5 aromatic rings. The highest BCUT2D eigenvalue weighted by molar-refractivity contribution is 7.98. The molecule has 0 aliphatic heterocycles. The van der Waals surface area contributed by atoms with Crippen molar-refractivity contribution in [3.8, 4) is 23.2 Å². The third-order valence-electron chi connectivity index (χ3n) is 5.07. The number of thioether (sulfide) groups is 1. The van der Waals surface area contributed by atoms with Gasteiger partial charge in [-0.25, -0.2) is 4.98 Å². The number of rotatable bonds is 6. The Morgan fingerprint density at radius 1 is 1.09 bits per heavy atom. The monoisotopic (exact) mass is 471 g/mol. The molecule has 0 fully saturated rings. The predicted octanol–water partition coefficient (Wildman–Crippen LogP) is 4.98. The van der Waals surface area contributed by atoms with Gasteiger partial charge in [-0.2, -0.15) is 5.26 Å². The Balaban J connectivity index is 1.39. The van der Waals surface area contributed by atoms with Crippen molar-refractivity contribution in [3.63, 3.8) is 0 Å². The first-order chi connectivity index (χ1) is 16.1. The fraction of sp³-hybridized carbons (Fsp3) is 0.0833. The molecule has 2 heterocycles. The molecule has 9 heteroatoms. The first-order valence-electron chi connectivity index (χ1n) is 9.97. The van der Waals surface area contributed by atoms with E-state index in [9.17, 15) is 4.21 Å². The van der Waals surface area contributed by atoms with Gasteiger partial charge in [-0.3, -0.25) is 8.78 Å². The SMILES string of the molecule is CS(=O)c1ccc(-n2cnc3ccc(-c4nnc(SCc5cccc(C#N)c5)o4)cc32)cc1. The van der Waals surface area contributed by atoms with E-state index >= 15 is 0 Å². The second-order valence-electron chi connectivity index (χ2n) is 7.24. The van der Waals surface area contributed by atoms with Crippen LogP contribution in [0.5, 0.6) is 0 Å². The zero-order valence-corrected chi connectivity index (χ0v) is 19.1. The summed E-state index contributed by atoms with van der Waals surface area (Å²) in [5, 5.41) is 17.9. The minimum atomic E-state index is -1.02. The number of fused-ring (bicyclic) bond motifs is 1. The largest absolute Gasteiger partial charge is 0.411 e. The summed E-state index contributed by atoms with van der Waals surface area (Å²) in [6, 6.07) is 22.9. The van der Waals surface area contributed by atoms with Crippen LogP contribution < -0.4 is 0 Å². The molecule has 0 amide bonds. The van der Waals surface area contributed by atoms with Gasteiger partial charge in [0.25, 0.3) is 5.22 Å². The van der Waals surface area contributed by atoms with Crippen LogP contribution in [0, 0.1) is 11.3 Å². The summed E-state index contributed by atoms with van der Waals surface area (Å²) >= 11 is 1.43. The van der Waals surface area contributed by atoms with Crippen LogP contribution in [0.2, 0.25) is 0 Å². The number of imidazole rings is 1. The maximum Gasteiger partial charge on any atom is 0.277 e. The van der Waals surface area contributed by atoms with Crippen LogP contribution in [-0.2, 0) is 16.6 Å². The average molecular weight is 472 g/mol. The van der Waals surface area contributed by atoms with Crippen molar-refractivity contribution in [1.29, 1.82) is 5.26 Å². The molecule has 3 aromatic carbocycles. The van der Waals surface area contributed by atoms with E-state index in [-0.39, 0.29) is 0 Å². The Bertz CT molecular complexity index is 1520. The summed E-state index contributed by atoms with van der Waals surface area (Å²) in [7, 11) is -1.02. The van der Waals surface area contributed by atoms with Gasteiger partial charge < -0.3 is 4.42 Å². The molecule has 0 bridgehead atoms. The molecule has 33 heavy (non-hydrogen) atoms. The number of hydrogen-bond acceptors (Lipinski definition) is 7. The molecule has 0 aliphatic rings. The minimum absolute atomic E-state index is 0.426. The van der Waals surface area contributed by atoms with Crippen molar-refractivity contribution in [3.05, 3.63) is 84.2 Å².